The Morgan fingerprint density at radius 3 is 1.37 bits per heavy atom. The summed E-state index contributed by atoms with van der Waals surface area (Å²) in [7, 11) is 3.16. The van der Waals surface area contributed by atoms with E-state index in [0.29, 0.717) is 49.4 Å². The highest BCUT2D eigenvalue weighted by Crippen LogP contribution is 2.27. The van der Waals surface area contributed by atoms with E-state index >= 15 is 0 Å². The van der Waals surface area contributed by atoms with Crippen LogP contribution >= 0.6 is 22.7 Å². The van der Waals surface area contributed by atoms with Gasteiger partial charge < -0.3 is 49.2 Å². The molecule has 18 heteroatoms. The lowest BCUT2D eigenvalue weighted by Crippen LogP contribution is -2.43. The quantitative estimate of drug-likeness (QED) is 0.0809. The molecule has 0 unspecified atom stereocenters. The molecule has 2 aliphatic rings. The molecule has 6 aromatic heterocycles. The number of nitrogens with zero attached hydrogens (tertiary/aromatic N) is 6. The van der Waals surface area contributed by atoms with Gasteiger partial charge in [0.25, 0.3) is 22.9 Å². The Hall–Kier alpha value is -6.54. The first-order valence-electron chi connectivity index (χ1n) is 23.8. The molecular weight excluding hydrogens is 925 g/mol. The minimum Gasteiger partial charge on any atom is -0.355 e. The van der Waals surface area contributed by atoms with Crippen molar-refractivity contribution in [1.82, 2.24) is 50.5 Å². The van der Waals surface area contributed by atoms with Crippen LogP contribution < -0.4 is 32.4 Å². The first-order valence-corrected chi connectivity index (χ1v) is 25.6. The lowest BCUT2D eigenvalue weighted by molar-refractivity contribution is 0.0956. The number of piperidine rings is 2. The molecule has 2 aromatic carbocycles. The summed E-state index contributed by atoms with van der Waals surface area (Å²) in [5.74, 6) is 1.15. The summed E-state index contributed by atoms with van der Waals surface area (Å²) in [4.78, 5) is 57.1. The van der Waals surface area contributed by atoms with Crippen LogP contribution in [0.4, 0.5) is 0 Å². The van der Waals surface area contributed by atoms with Gasteiger partial charge in [-0.15, -0.1) is 22.7 Å². The Labute approximate surface area is 413 Å². The average Bonchev–Trinajstić information content (AvgIpc) is 4.26. The molecule has 2 fully saturated rings. The summed E-state index contributed by atoms with van der Waals surface area (Å²) in [6.45, 7) is 8.05. The number of para-hydroxylation sites is 2. The molecule has 0 spiro atoms. The van der Waals surface area contributed by atoms with E-state index in [9.17, 15) is 19.2 Å². The first-order chi connectivity index (χ1) is 34.2. The van der Waals surface area contributed by atoms with E-state index in [1.165, 1.54) is 12.1 Å². The van der Waals surface area contributed by atoms with Crippen molar-refractivity contribution in [2.24, 2.45) is 0 Å². The maximum absolute atomic E-state index is 12.8. The standard InChI is InChI=1S/2C26H29N5O3S/c2*1-27-26(33)21-16-25(32)31(22-6-3-2-5-20(21)22)13-12-30-10-8-18(9-11-30)28-17-19-15-23(34-29-19)24-7-4-14-35-24/h2*2-7,14-16,18,28H,8-13,17H2,1H3,(H,27,33). The van der Waals surface area contributed by atoms with Crippen LogP contribution in [0.3, 0.4) is 0 Å². The van der Waals surface area contributed by atoms with Crippen molar-refractivity contribution < 1.29 is 18.6 Å². The van der Waals surface area contributed by atoms with Crippen molar-refractivity contribution in [1.29, 1.82) is 0 Å². The Morgan fingerprint density at radius 2 is 0.986 bits per heavy atom. The predicted octanol–water partition coefficient (Wildman–Crippen LogP) is 6.66. The third-order valence-electron chi connectivity index (χ3n) is 13.2. The number of amides is 2. The minimum atomic E-state index is -0.242. The Kier molecular flexibility index (Phi) is 15.9. The van der Waals surface area contributed by atoms with Crippen LogP contribution in [-0.4, -0.2) is 107 Å². The third kappa shape index (κ3) is 11.6. The highest BCUT2D eigenvalue weighted by Gasteiger charge is 2.23. The van der Waals surface area contributed by atoms with E-state index in [1.54, 1.807) is 45.9 Å². The lowest BCUT2D eigenvalue weighted by Gasteiger charge is -2.32. The highest BCUT2D eigenvalue weighted by molar-refractivity contribution is 7.13. The summed E-state index contributed by atoms with van der Waals surface area (Å²) in [5.41, 5.74) is 3.98. The van der Waals surface area contributed by atoms with E-state index in [4.69, 9.17) is 9.05 Å². The van der Waals surface area contributed by atoms with Gasteiger partial charge in [0.1, 0.15) is 0 Å². The van der Waals surface area contributed by atoms with Gasteiger partial charge in [-0.25, -0.2) is 0 Å². The van der Waals surface area contributed by atoms with E-state index < -0.39 is 0 Å². The zero-order chi connectivity index (χ0) is 48.4. The van der Waals surface area contributed by atoms with Crippen LogP contribution in [-0.2, 0) is 26.2 Å². The molecule has 0 atom stereocenters. The molecule has 0 saturated carbocycles. The molecule has 8 aromatic rings. The molecule has 0 aliphatic carbocycles. The number of benzene rings is 2. The zero-order valence-corrected chi connectivity index (χ0v) is 41.0. The van der Waals surface area contributed by atoms with Crippen LogP contribution in [0, 0.1) is 0 Å². The number of hydrogen-bond donors (Lipinski definition) is 4. The lowest BCUT2D eigenvalue weighted by atomic mass is 10.0. The summed E-state index contributed by atoms with van der Waals surface area (Å²) >= 11 is 3.29. The molecule has 2 aliphatic heterocycles. The molecule has 10 rings (SSSR count). The molecular formula is C52H58N10O6S2. The largest absolute Gasteiger partial charge is 0.355 e. The van der Waals surface area contributed by atoms with Crippen LogP contribution in [0.25, 0.3) is 43.1 Å². The summed E-state index contributed by atoms with van der Waals surface area (Å²) in [5, 5.41) is 26.5. The van der Waals surface area contributed by atoms with Gasteiger partial charge in [-0.1, -0.05) is 58.8 Å². The molecule has 16 nitrogen and oxygen atoms in total. The predicted molar refractivity (Wildman–Crippen MR) is 275 cm³/mol. The van der Waals surface area contributed by atoms with Gasteiger partial charge in [-0.2, -0.15) is 0 Å². The van der Waals surface area contributed by atoms with Crippen molar-refractivity contribution in [3.63, 3.8) is 0 Å². The fourth-order valence-electron chi connectivity index (χ4n) is 9.34. The van der Waals surface area contributed by atoms with Crippen molar-refractivity contribution in [3.8, 4) is 21.3 Å². The van der Waals surface area contributed by atoms with Crippen molar-refractivity contribution in [2.45, 2.75) is 63.9 Å². The zero-order valence-electron chi connectivity index (χ0n) is 39.4. The summed E-state index contributed by atoms with van der Waals surface area (Å²) < 4.78 is 14.5. The van der Waals surface area contributed by atoms with Gasteiger partial charge in [0.05, 0.1) is 43.3 Å². The van der Waals surface area contributed by atoms with Gasteiger partial charge in [-0.05, 0) is 86.9 Å². The van der Waals surface area contributed by atoms with Gasteiger partial charge in [0, 0.05) is 100 Å². The Balaban J connectivity index is 0.000000174. The fraction of sp³-hybridized carbons (Fsp3) is 0.346. The van der Waals surface area contributed by atoms with Crippen molar-refractivity contribution in [3.05, 3.63) is 151 Å². The van der Waals surface area contributed by atoms with Crippen LogP contribution in [0.5, 0.6) is 0 Å². The molecule has 8 heterocycles. The SMILES string of the molecule is CNC(=O)c1cc(=O)n(CCN2CCC(NCc3cc(-c4cccs4)on3)CC2)c2ccccc12.CNC(=O)c1cc(=O)n(CCN2CCC(NCc3cc(-c4cccs4)on3)CC2)c2ccccc12. The van der Waals surface area contributed by atoms with Gasteiger partial charge in [-0.3, -0.25) is 19.2 Å². The Bertz CT molecular complexity index is 2920. The van der Waals surface area contributed by atoms with Crippen molar-refractivity contribution >= 4 is 56.3 Å². The molecule has 2 amide bonds. The molecule has 2 saturated heterocycles. The summed E-state index contributed by atoms with van der Waals surface area (Å²) in [6, 6.07) is 31.1. The number of nitrogens with one attached hydrogen (secondary N) is 4. The van der Waals surface area contributed by atoms with Gasteiger partial charge >= 0.3 is 0 Å². The third-order valence-corrected chi connectivity index (χ3v) is 15.0. The van der Waals surface area contributed by atoms with E-state index in [-0.39, 0.29) is 22.9 Å². The fourth-order valence-corrected chi connectivity index (χ4v) is 10.7. The average molecular weight is 983 g/mol. The normalized spacial score (nSPS) is 15.0. The van der Waals surface area contributed by atoms with Crippen molar-refractivity contribution in [2.75, 3.05) is 53.4 Å². The number of carbonyl (C=O) groups is 2. The van der Waals surface area contributed by atoms with Crippen LogP contribution in [0.15, 0.2) is 126 Å². The minimum absolute atomic E-state index is 0.145. The summed E-state index contributed by atoms with van der Waals surface area (Å²) in [6.07, 6.45) is 4.17. The molecule has 70 heavy (non-hydrogen) atoms. The number of fused-ring (bicyclic) bond motifs is 2. The highest BCUT2D eigenvalue weighted by atomic mass is 32.1. The van der Waals surface area contributed by atoms with Crippen LogP contribution in [0.2, 0.25) is 0 Å². The molecule has 0 bridgehead atoms. The van der Waals surface area contributed by atoms with E-state index in [2.05, 4.69) is 41.4 Å². The number of hydrogen-bond acceptors (Lipinski definition) is 14. The molecule has 364 valence electrons. The number of pyridine rings is 2. The smallest absolute Gasteiger partial charge is 0.251 e. The number of carbonyl (C=O) groups excluding carboxylic acids is 2. The second-order valence-corrected chi connectivity index (χ2v) is 19.5. The molecule has 4 N–H and O–H groups in total. The second kappa shape index (κ2) is 22.9. The number of aromatic nitrogens is 4. The monoisotopic (exact) mass is 982 g/mol. The van der Waals surface area contributed by atoms with E-state index in [0.717, 1.165) is 119 Å². The van der Waals surface area contributed by atoms with Gasteiger partial charge in [0.15, 0.2) is 11.5 Å². The maximum atomic E-state index is 12.8. The van der Waals surface area contributed by atoms with Gasteiger partial charge in [0.2, 0.25) is 0 Å². The van der Waals surface area contributed by atoms with E-state index in [1.807, 2.05) is 95.7 Å². The number of thiophene rings is 2. The maximum Gasteiger partial charge on any atom is 0.251 e. The second-order valence-electron chi connectivity index (χ2n) is 17.6. The first kappa shape index (κ1) is 48.5. The number of likely N-dealkylation sites (tertiary alicyclic amines) is 2. The molecule has 0 radical (unpaired) electrons. The topological polar surface area (TPSA) is 185 Å². The number of rotatable bonds is 16. The Morgan fingerprint density at radius 1 is 0.571 bits per heavy atom. The van der Waals surface area contributed by atoms with Crippen LogP contribution in [0.1, 0.15) is 57.8 Å².